The molecule has 1 spiro atoms. The molecule has 0 aromatic carbocycles. The van der Waals surface area contributed by atoms with Gasteiger partial charge in [0.05, 0.1) is 6.54 Å². The number of urea groups is 1. The van der Waals surface area contributed by atoms with Crippen LogP contribution >= 0.6 is 0 Å². The first-order valence-electron chi connectivity index (χ1n) is 8.34. The molecule has 1 aromatic heterocycles. The zero-order valence-electron chi connectivity index (χ0n) is 13.3. The number of oxazole rings is 1. The van der Waals surface area contributed by atoms with Gasteiger partial charge in [-0.05, 0) is 51.1 Å². The van der Waals surface area contributed by atoms with Gasteiger partial charge in [-0.3, -0.25) is 0 Å². The second-order valence-corrected chi connectivity index (χ2v) is 6.59. The highest BCUT2D eigenvalue weighted by molar-refractivity contribution is 5.74. The van der Waals surface area contributed by atoms with Gasteiger partial charge in [-0.2, -0.15) is 0 Å². The minimum atomic E-state index is -0.0905. The summed E-state index contributed by atoms with van der Waals surface area (Å²) in [5, 5.41) is 9.57. The summed E-state index contributed by atoms with van der Waals surface area (Å²) in [5.74, 6) is 0.757. The summed E-state index contributed by atoms with van der Waals surface area (Å²) in [5.41, 5.74) is 1.08. The van der Waals surface area contributed by atoms with E-state index in [1.54, 1.807) is 0 Å². The number of aryl methyl sites for hydroxylation is 1. The third kappa shape index (κ3) is 3.27. The van der Waals surface area contributed by atoms with Crippen LogP contribution < -0.4 is 16.0 Å². The van der Waals surface area contributed by atoms with Crippen LogP contribution in [0.25, 0.3) is 0 Å². The van der Waals surface area contributed by atoms with E-state index in [0.717, 1.165) is 31.0 Å². The van der Waals surface area contributed by atoms with Crippen molar-refractivity contribution in [2.24, 2.45) is 5.41 Å². The van der Waals surface area contributed by atoms with Gasteiger partial charge in [-0.25, -0.2) is 9.78 Å². The van der Waals surface area contributed by atoms with Crippen molar-refractivity contribution in [1.29, 1.82) is 0 Å². The molecule has 1 aromatic rings. The zero-order valence-corrected chi connectivity index (χ0v) is 13.3. The maximum atomic E-state index is 12.2. The molecule has 1 saturated carbocycles. The first-order valence-corrected chi connectivity index (χ1v) is 8.34. The minimum Gasteiger partial charge on any atom is -0.448 e. The van der Waals surface area contributed by atoms with Crippen LogP contribution in [0.4, 0.5) is 4.79 Å². The third-order valence-corrected chi connectivity index (χ3v) is 5.32. The molecule has 0 bridgehead atoms. The summed E-state index contributed by atoms with van der Waals surface area (Å²) in [7, 11) is 0. The standard InChI is InChI=1S/C16H26N4O2/c1-12-13(19-11-22-12)10-18-15(21)20-14-4-2-3-5-16(14)6-8-17-9-7-16/h11,14,17H,2-10H2,1H3,(H2,18,20,21). The highest BCUT2D eigenvalue weighted by atomic mass is 16.3. The van der Waals surface area contributed by atoms with Crippen LogP contribution in [0.1, 0.15) is 50.0 Å². The molecule has 1 aliphatic carbocycles. The van der Waals surface area contributed by atoms with E-state index >= 15 is 0 Å². The van der Waals surface area contributed by atoms with Gasteiger partial charge in [0.2, 0.25) is 0 Å². The molecule has 1 saturated heterocycles. The van der Waals surface area contributed by atoms with Crippen molar-refractivity contribution in [3.63, 3.8) is 0 Å². The summed E-state index contributed by atoms with van der Waals surface area (Å²) in [6.45, 7) is 4.40. The van der Waals surface area contributed by atoms with Crippen LogP contribution in [0.2, 0.25) is 0 Å². The van der Waals surface area contributed by atoms with Crippen LogP contribution in [0.5, 0.6) is 0 Å². The fourth-order valence-corrected chi connectivity index (χ4v) is 3.93. The summed E-state index contributed by atoms with van der Waals surface area (Å²) in [4.78, 5) is 16.3. The first-order chi connectivity index (χ1) is 10.7. The lowest BCUT2D eigenvalue weighted by molar-refractivity contribution is 0.0870. The molecule has 3 N–H and O–H groups in total. The Kier molecular flexibility index (Phi) is 4.66. The van der Waals surface area contributed by atoms with Gasteiger partial charge < -0.3 is 20.4 Å². The van der Waals surface area contributed by atoms with E-state index in [1.807, 2.05) is 6.92 Å². The van der Waals surface area contributed by atoms with Crippen molar-refractivity contribution in [3.05, 3.63) is 17.8 Å². The molecule has 2 heterocycles. The number of aromatic nitrogens is 1. The Bertz CT molecular complexity index is 500. The largest absolute Gasteiger partial charge is 0.448 e. The van der Waals surface area contributed by atoms with Crippen LogP contribution in [-0.4, -0.2) is 30.1 Å². The summed E-state index contributed by atoms with van der Waals surface area (Å²) in [6, 6.07) is 0.203. The van der Waals surface area contributed by atoms with E-state index in [4.69, 9.17) is 4.42 Å². The van der Waals surface area contributed by atoms with Crippen LogP contribution in [0.15, 0.2) is 10.8 Å². The molecule has 6 heteroatoms. The Morgan fingerprint density at radius 1 is 1.41 bits per heavy atom. The van der Waals surface area contributed by atoms with E-state index in [9.17, 15) is 4.79 Å². The number of nitrogens with zero attached hydrogens (tertiary/aromatic N) is 1. The monoisotopic (exact) mass is 306 g/mol. The molecule has 1 unspecified atom stereocenters. The number of carbonyl (C=O) groups excluding carboxylic acids is 1. The van der Waals surface area contributed by atoms with Crippen molar-refractivity contribution in [3.8, 4) is 0 Å². The number of amides is 2. The lowest BCUT2D eigenvalue weighted by Gasteiger charge is -2.47. The quantitative estimate of drug-likeness (QED) is 0.799. The molecular formula is C16H26N4O2. The average molecular weight is 306 g/mol. The summed E-state index contributed by atoms with van der Waals surface area (Å²) >= 11 is 0. The molecule has 1 aliphatic heterocycles. The van der Waals surface area contributed by atoms with Crippen molar-refractivity contribution >= 4 is 6.03 Å². The predicted octanol–water partition coefficient (Wildman–Crippen LogP) is 2.09. The molecule has 1 atom stereocenters. The molecule has 122 valence electrons. The van der Waals surface area contributed by atoms with Gasteiger partial charge in [0, 0.05) is 6.04 Å². The molecule has 2 fully saturated rings. The topological polar surface area (TPSA) is 79.2 Å². The lowest BCUT2D eigenvalue weighted by atomic mass is 9.65. The van der Waals surface area contributed by atoms with Gasteiger partial charge >= 0.3 is 6.03 Å². The van der Waals surface area contributed by atoms with Crippen molar-refractivity contribution in [2.45, 2.75) is 58.0 Å². The van der Waals surface area contributed by atoms with E-state index in [1.165, 1.54) is 38.5 Å². The number of nitrogens with one attached hydrogen (secondary N) is 3. The van der Waals surface area contributed by atoms with Gasteiger partial charge in [-0.15, -0.1) is 0 Å². The fourth-order valence-electron chi connectivity index (χ4n) is 3.93. The second kappa shape index (κ2) is 6.69. The highest BCUT2D eigenvalue weighted by Crippen LogP contribution is 2.43. The Hall–Kier alpha value is -1.56. The normalized spacial score (nSPS) is 24.1. The Morgan fingerprint density at radius 2 is 2.23 bits per heavy atom. The maximum absolute atomic E-state index is 12.2. The zero-order chi connectivity index (χ0) is 15.4. The van der Waals surface area contributed by atoms with E-state index < -0.39 is 0 Å². The first kappa shape index (κ1) is 15.3. The number of rotatable bonds is 3. The predicted molar refractivity (Wildman–Crippen MR) is 83.4 cm³/mol. The van der Waals surface area contributed by atoms with E-state index in [-0.39, 0.29) is 6.03 Å². The molecule has 3 rings (SSSR count). The van der Waals surface area contributed by atoms with Crippen molar-refractivity contribution in [2.75, 3.05) is 13.1 Å². The van der Waals surface area contributed by atoms with E-state index in [0.29, 0.717) is 18.0 Å². The van der Waals surface area contributed by atoms with Crippen LogP contribution in [0, 0.1) is 12.3 Å². The number of hydrogen-bond donors (Lipinski definition) is 3. The summed E-state index contributed by atoms with van der Waals surface area (Å²) in [6.07, 6.45) is 8.58. The average Bonchev–Trinajstić information content (AvgIpc) is 2.94. The van der Waals surface area contributed by atoms with Crippen molar-refractivity contribution in [1.82, 2.24) is 20.9 Å². The van der Waals surface area contributed by atoms with Gasteiger partial charge in [0.15, 0.2) is 6.39 Å². The molecule has 22 heavy (non-hydrogen) atoms. The van der Waals surface area contributed by atoms with Gasteiger partial charge in [0.1, 0.15) is 11.5 Å². The SMILES string of the molecule is Cc1ocnc1CNC(=O)NC1CCCCC12CCNCC2. The number of piperidine rings is 1. The summed E-state index contributed by atoms with van der Waals surface area (Å²) < 4.78 is 5.15. The maximum Gasteiger partial charge on any atom is 0.315 e. The Balaban J connectivity index is 1.56. The fraction of sp³-hybridized carbons (Fsp3) is 0.750. The number of carbonyl (C=O) groups is 1. The second-order valence-electron chi connectivity index (χ2n) is 6.59. The lowest BCUT2D eigenvalue weighted by Crippen LogP contribution is -2.55. The highest BCUT2D eigenvalue weighted by Gasteiger charge is 2.41. The minimum absolute atomic E-state index is 0.0905. The molecule has 2 aliphatic rings. The molecule has 6 nitrogen and oxygen atoms in total. The Labute approximate surface area is 131 Å². The third-order valence-electron chi connectivity index (χ3n) is 5.32. The van der Waals surface area contributed by atoms with Crippen molar-refractivity contribution < 1.29 is 9.21 Å². The van der Waals surface area contributed by atoms with Gasteiger partial charge in [-0.1, -0.05) is 12.8 Å². The molecule has 0 radical (unpaired) electrons. The number of hydrogen-bond acceptors (Lipinski definition) is 4. The van der Waals surface area contributed by atoms with Crippen LogP contribution in [-0.2, 0) is 6.54 Å². The van der Waals surface area contributed by atoms with Crippen LogP contribution in [0.3, 0.4) is 0 Å². The van der Waals surface area contributed by atoms with E-state index in [2.05, 4.69) is 20.9 Å². The smallest absolute Gasteiger partial charge is 0.315 e. The molecular weight excluding hydrogens is 280 g/mol. The molecule has 2 amide bonds. The van der Waals surface area contributed by atoms with Gasteiger partial charge in [0.25, 0.3) is 0 Å². The Morgan fingerprint density at radius 3 is 2.95 bits per heavy atom.